The monoisotopic (exact) mass is 335 g/mol. The summed E-state index contributed by atoms with van der Waals surface area (Å²) in [5, 5.41) is 0. The van der Waals surface area contributed by atoms with Crippen LogP contribution >= 0.6 is 27.3 Å². The lowest BCUT2D eigenvalue weighted by molar-refractivity contribution is 0.941. The first-order chi connectivity index (χ1) is 9.11. The van der Waals surface area contributed by atoms with E-state index < -0.39 is 0 Å². The number of hydrogen-bond donors (Lipinski definition) is 1. The summed E-state index contributed by atoms with van der Waals surface area (Å²) in [6.07, 6.45) is 0. The molecule has 0 radical (unpaired) electrons. The van der Waals surface area contributed by atoms with Crippen molar-refractivity contribution >= 4 is 32.2 Å². The molecule has 2 N–H and O–H groups in total. The molecule has 19 heavy (non-hydrogen) atoms. The minimum Gasteiger partial charge on any atom is -0.325 e. The van der Waals surface area contributed by atoms with Crippen LogP contribution in [0.15, 0.2) is 28.7 Å². The molecule has 3 aromatic rings. The van der Waals surface area contributed by atoms with Gasteiger partial charge in [0, 0.05) is 27.2 Å². The Morgan fingerprint density at radius 2 is 1.95 bits per heavy atom. The van der Waals surface area contributed by atoms with Gasteiger partial charge in [0.25, 0.3) is 0 Å². The van der Waals surface area contributed by atoms with E-state index in [-0.39, 0.29) is 0 Å². The molecule has 0 atom stereocenters. The second-order valence-corrected chi connectivity index (χ2v) is 6.58. The Kier molecular flexibility index (Phi) is 3.20. The van der Waals surface area contributed by atoms with Gasteiger partial charge < -0.3 is 5.73 Å². The number of nitrogens with two attached hydrogens (primary N) is 1. The average Bonchev–Trinajstić information content (AvgIpc) is 2.88. The van der Waals surface area contributed by atoms with Crippen molar-refractivity contribution in [1.82, 2.24) is 9.38 Å². The molecule has 0 amide bonds. The second kappa shape index (κ2) is 4.74. The van der Waals surface area contributed by atoms with Gasteiger partial charge in [0.15, 0.2) is 4.96 Å². The smallest absolute Gasteiger partial charge is 0.194 e. The van der Waals surface area contributed by atoms with Gasteiger partial charge in [-0.1, -0.05) is 28.1 Å². The first-order valence-corrected chi connectivity index (χ1v) is 7.66. The molecule has 3 nitrogen and oxygen atoms in total. The molecule has 0 aliphatic carbocycles. The zero-order valence-electron chi connectivity index (χ0n) is 10.8. The second-order valence-electron chi connectivity index (χ2n) is 4.48. The fraction of sp³-hybridized carbons (Fsp3) is 0.214. The summed E-state index contributed by atoms with van der Waals surface area (Å²) < 4.78 is 3.25. The number of nitrogens with zero attached hydrogens (tertiary/aromatic N) is 2. The van der Waals surface area contributed by atoms with Crippen LogP contribution in [0.3, 0.4) is 0 Å². The van der Waals surface area contributed by atoms with Crippen molar-refractivity contribution < 1.29 is 0 Å². The lowest BCUT2D eigenvalue weighted by atomic mass is 10.1. The standard InChI is InChI=1S/C14H14BrN3S/c1-8-9(2)19-14-17-13(12(7-16)18(8)14)10-3-5-11(15)6-4-10/h3-6H,7,16H2,1-2H3. The summed E-state index contributed by atoms with van der Waals surface area (Å²) >= 11 is 5.17. The van der Waals surface area contributed by atoms with E-state index in [1.807, 2.05) is 12.1 Å². The van der Waals surface area contributed by atoms with E-state index in [9.17, 15) is 0 Å². The van der Waals surface area contributed by atoms with Crippen LogP contribution in [-0.2, 0) is 6.54 Å². The van der Waals surface area contributed by atoms with E-state index in [1.165, 1.54) is 10.6 Å². The number of imidazole rings is 1. The summed E-state index contributed by atoms with van der Waals surface area (Å²) in [7, 11) is 0. The Labute approximate surface area is 124 Å². The van der Waals surface area contributed by atoms with Gasteiger partial charge in [0.05, 0.1) is 11.4 Å². The number of benzene rings is 1. The van der Waals surface area contributed by atoms with E-state index in [0.29, 0.717) is 6.54 Å². The highest BCUT2D eigenvalue weighted by molar-refractivity contribution is 9.10. The van der Waals surface area contributed by atoms with E-state index >= 15 is 0 Å². The maximum Gasteiger partial charge on any atom is 0.194 e. The molecule has 0 spiro atoms. The van der Waals surface area contributed by atoms with Gasteiger partial charge in [-0.05, 0) is 26.0 Å². The largest absolute Gasteiger partial charge is 0.325 e. The van der Waals surface area contributed by atoms with Crippen LogP contribution in [0.4, 0.5) is 0 Å². The normalized spacial score (nSPS) is 11.4. The Balaban J connectivity index is 2.27. The molecule has 2 aromatic heterocycles. The lowest BCUT2D eigenvalue weighted by Crippen LogP contribution is -2.03. The van der Waals surface area contributed by atoms with Crippen molar-refractivity contribution in [2.45, 2.75) is 20.4 Å². The third kappa shape index (κ3) is 2.02. The molecule has 0 unspecified atom stereocenters. The summed E-state index contributed by atoms with van der Waals surface area (Å²) in [5.41, 5.74) is 10.4. The van der Waals surface area contributed by atoms with E-state index in [1.54, 1.807) is 11.3 Å². The minimum atomic E-state index is 0.490. The van der Waals surface area contributed by atoms with Crippen LogP contribution in [0.2, 0.25) is 0 Å². The van der Waals surface area contributed by atoms with Crippen LogP contribution in [0.1, 0.15) is 16.3 Å². The van der Waals surface area contributed by atoms with Crippen molar-refractivity contribution in [2.24, 2.45) is 5.73 Å². The third-order valence-electron chi connectivity index (χ3n) is 3.34. The Morgan fingerprint density at radius 3 is 2.58 bits per heavy atom. The first-order valence-electron chi connectivity index (χ1n) is 6.05. The number of aryl methyl sites for hydroxylation is 2. The molecule has 2 heterocycles. The summed E-state index contributed by atoms with van der Waals surface area (Å²) in [6, 6.07) is 8.19. The van der Waals surface area contributed by atoms with E-state index in [2.05, 4.69) is 46.3 Å². The van der Waals surface area contributed by atoms with Crippen LogP contribution in [0.25, 0.3) is 16.2 Å². The summed E-state index contributed by atoms with van der Waals surface area (Å²) in [5.74, 6) is 0. The van der Waals surface area contributed by atoms with Gasteiger partial charge >= 0.3 is 0 Å². The predicted molar refractivity (Wildman–Crippen MR) is 83.6 cm³/mol. The highest BCUT2D eigenvalue weighted by Gasteiger charge is 2.17. The molecule has 98 valence electrons. The molecule has 0 fully saturated rings. The molecular formula is C14H14BrN3S. The number of fused-ring (bicyclic) bond motifs is 1. The molecule has 0 bridgehead atoms. The number of aromatic nitrogens is 2. The zero-order chi connectivity index (χ0) is 13.6. The predicted octanol–water partition coefficient (Wildman–Crippen LogP) is 3.90. The third-order valence-corrected chi connectivity index (χ3v) is 4.93. The van der Waals surface area contributed by atoms with Crippen molar-refractivity contribution in [1.29, 1.82) is 0 Å². The molecule has 3 rings (SSSR count). The Hall–Kier alpha value is -1.17. The van der Waals surface area contributed by atoms with Crippen LogP contribution in [0.5, 0.6) is 0 Å². The molecule has 0 saturated heterocycles. The Bertz CT molecular complexity index is 740. The van der Waals surface area contributed by atoms with Crippen molar-refractivity contribution in [3.05, 3.63) is 45.0 Å². The van der Waals surface area contributed by atoms with Gasteiger partial charge in [0.1, 0.15) is 0 Å². The molecule has 0 saturated carbocycles. The van der Waals surface area contributed by atoms with Crippen LogP contribution in [0, 0.1) is 13.8 Å². The highest BCUT2D eigenvalue weighted by atomic mass is 79.9. The Morgan fingerprint density at radius 1 is 1.26 bits per heavy atom. The number of halogens is 1. The van der Waals surface area contributed by atoms with Gasteiger partial charge in [-0.25, -0.2) is 4.98 Å². The SMILES string of the molecule is Cc1sc2nc(-c3ccc(Br)cc3)c(CN)n2c1C. The molecule has 1 aromatic carbocycles. The molecule has 5 heteroatoms. The fourth-order valence-electron chi connectivity index (χ4n) is 2.24. The number of thiazole rings is 1. The highest BCUT2D eigenvalue weighted by Crippen LogP contribution is 2.31. The average molecular weight is 336 g/mol. The topological polar surface area (TPSA) is 43.3 Å². The van der Waals surface area contributed by atoms with Gasteiger partial charge in [-0.3, -0.25) is 4.40 Å². The summed E-state index contributed by atoms with van der Waals surface area (Å²) in [4.78, 5) is 7.06. The molecular weight excluding hydrogens is 322 g/mol. The number of hydrogen-bond acceptors (Lipinski definition) is 3. The maximum atomic E-state index is 5.94. The molecule has 0 aliphatic heterocycles. The quantitative estimate of drug-likeness (QED) is 0.771. The van der Waals surface area contributed by atoms with Gasteiger partial charge in [0.2, 0.25) is 0 Å². The fourth-order valence-corrected chi connectivity index (χ4v) is 3.49. The van der Waals surface area contributed by atoms with Crippen LogP contribution < -0.4 is 5.73 Å². The van der Waals surface area contributed by atoms with Crippen molar-refractivity contribution in [3.63, 3.8) is 0 Å². The van der Waals surface area contributed by atoms with Gasteiger partial charge in [-0.15, -0.1) is 11.3 Å². The molecule has 0 aliphatic rings. The summed E-state index contributed by atoms with van der Waals surface area (Å²) in [6.45, 7) is 4.73. The van der Waals surface area contributed by atoms with E-state index in [4.69, 9.17) is 10.7 Å². The zero-order valence-corrected chi connectivity index (χ0v) is 13.2. The van der Waals surface area contributed by atoms with Crippen molar-refractivity contribution in [2.75, 3.05) is 0 Å². The van der Waals surface area contributed by atoms with Gasteiger partial charge in [-0.2, -0.15) is 0 Å². The number of rotatable bonds is 2. The lowest BCUT2D eigenvalue weighted by Gasteiger charge is -2.03. The van der Waals surface area contributed by atoms with Crippen LogP contribution in [-0.4, -0.2) is 9.38 Å². The van der Waals surface area contributed by atoms with E-state index in [0.717, 1.165) is 26.4 Å². The minimum absolute atomic E-state index is 0.490. The van der Waals surface area contributed by atoms with Crippen molar-refractivity contribution in [3.8, 4) is 11.3 Å². The first kappa shape index (κ1) is 12.8. The maximum absolute atomic E-state index is 5.94.